The highest BCUT2D eigenvalue weighted by molar-refractivity contribution is 5.67. The molecule has 0 amide bonds. The summed E-state index contributed by atoms with van der Waals surface area (Å²) in [5.74, 6) is 0.340. The van der Waals surface area contributed by atoms with Crippen LogP contribution in [0.25, 0.3) is 0 Å². The third kappa shape index (κ3) is 2.84. The standard InChI is InChI=1S/C12H15NO5/c1-13(6-9(14)5-12(15)16)8-2-3-10-11(4-8)18-7-17-10/h2-4,9,14H,5-7H2,1H3,(H,15,16). The van der Waals surface area contributed by atoms with E-state index in [4.69, 9.17) is 14.6 Å². The number of aliphatic carboxylic acids is 1. The van der Waals surface area contributed by atoms with Crippen LogP contribution in [0.3, 0.4) is 0 Å². The zero-order valence-corrected chi connectivity index (χ0v) is 10.00. The zero-order valence-electron chi connectivity index (χ0n) is 10.00. The normalized spacial score (nSPS) is 14.3. The van der Waals surface area contributed by atoms with Crippen LogP contribution in [0.15, 0.2) is 18.2 Å². The molecular formula is C12H15NO5. The van der Waals surface area contributed by atoms with Gasteiger partial charge in [-0.1, -0.05) is 0 Å². The van der Waals surface area contributed by atoms with Crippen molar-refractivity contribution >= 4 is 11.7 Å². The Morgan fingerprint density at radius 3 is 2.89 bits per heavy atom. The summed E-state index contributed by atoms with van der Waals surface area (Å²) in [5.41, 5.74) is 0.837. The second kappa shape index (κ2) is 5.14. The van der Waals surface area contributed by atoms with Crippen molar-refractivity contribution in [2.45, 2.75) is 12.5 Å². The summed E-state index contributed by atoms with van der Waals surface area (Å²) in [6, 6.07) is 5.43. The molecule has 0 spiro atoms. The molecule has 98 valence electrons. The largest absolute Gasteiger partial charge is 0.481 e. The first-order valence-electron chi connectivity index (χ1n) is 5.57. The Morgan fingerprint density at radius 1 is 1.44 bits per heavy atom. The van der Waals surface area contributed by atoms with Gasteiger partial charge in [-0.05, 0) is 12.1 Å². The van der Waals surface area contributed by atoms with E-state index in [0.717, 1.165) is 5.69 Å². The van der Waals surface area contributed by atoms with E-state index in [1.54, 1.807) is 24.1 Å². The molecule has 0 fully saturated rings. The molecule has 1 aliphatic rings. The number of benzene rings is 1. The molecule has 18 heavy (non-hydrogen) atoms. The maximum atomic E-state index is 10.5. The number of carbonyl (C=O) groups is 1. The van der Waals surface area contributed by atoms with E-state index in [9.17, 15) is 9.90 Å². The molecular weight excluding hydrogens is 238 g/mol. The van der Waals surface area contributed by atoms with Crippen LogP contribution in [-0.2, 0) is 4.79 Å². The van der Waals surface area contributed by atoms with Crippen molar-refractivity contribution < 1.29 is 24.5 Å². The SMILES string of the molecule is CN(CC(O)CC(=O)O)c1ccc2c(c1)OCO2. The van der Waals surface area contributed by atoms with Crippen LogP contribution < -0.4 is 14.4 Å². The Hall–Kier alpha value is -1.95. The number of anilines is 1. The number of likely N-dealkylation sites (N-methyl/N-ethyl adjacent to an activating group) is 1. The van der Waals surface area contributed by atoms with Crippen LogP contribution >= 0.6 is 0 Å². The first-order valence-corrected chi connectivity index (χ1v) is 5.57. The van der Waals surface area contributed by atoms with Gasteiger partial charge in [0.15, 0.2) is 11.5 Å². The number of fused-ring (bicyclic) bond motifs is 1. The average molecular weight is 253 g/mol. The lowest BCUT2D eigenvalue weighted by Crippen LogP contribution is -2.30. The maximum Gasteiger partial charge on any atom is 0.306 e. The third-order valence-electron chi connectivity index (χ3n) is 2.69. The van der Waals surface area contributed by atoms with Crippen LogP contribution in [0.1, 0.15) is 6.42 Å². The molecule has 2 rings (SSSR count). The van der Waals surface area contributed by atoms with Gasteiger partial charge in [-0.25, -0.2) is 0 Å². The number of carboxylic acid groups (broad SMARTS) is 1. The molecule has 6 nitrogen and oxygen atoms in total. The van der Waals surface area contributed by atoms with Gasteiger partial charge >= 0.3 is 5.97 Å². The quantitative estimate of drug-likeness (QED) is 0.803. The number of aliphatic hydroxyl groups excluding tert-OH is 1. The molecule has 1 atom stereocenters. The molecule has 0 saturated heterocycles. The van der Waals surface area contributed by atoms with Crippen LogP contribution in [0.2, 0.25) is 0 Å². The highest BCUT2D eigenvalue weighted by atomic mass is 16.7. The Bertz CT molecular complexity index is 448. The Balaban J connectivity index is 2.00. The summed E-state index contributed by atoms with van der Waals surface area (Å²) < 4.78 is 10.5. The summed E-state index contributed by atoms with van der Waals surface area (Å²) in [7, 11) is 1.78. The lowest BCUT2D eigenvalue weighted by atomic mass is 10.2. The summed E-state index contributed by atoms with van der Waals surface area (Å²) in [4.78, 5) is 12.2. The molecule has 6 heteroatoms. The highest BCUT2D eigenvalue weighted by Crippen LogP contribution is 2.35. The lowest BCUT2D eigenvalue weighted by molar-refractivity contribution is -0.139. The summed E-state index contributed by atoms with van der Waals surface area (Å²) in [5, 5.41) is 18.1. The van der Waals surface area contributed by atoms with Gasteiger partial charge in [0.1, 0.15) is 0 Å². The minimum atomic E-state index is -1.01. The molecule has 2 N–H and O–H groups in total. The fourth-order valence-electron chi connectivity index (χ4n) is 1.81. The molecule has 0 bridgehead atoms. The van der Waals surface area contributed by atoms with Gasteiger partial charge < -0.3 is 24.6 Å². The summed E-state index contributed by atoms with van der Waals surface area (Å²) in [6.07, 6.45) is -1.17. The van der Waals surface area contributed by atoms with Crippen molar-refractivity contribution in [3.05, 3.63) is 18.2 Å². The first kappa shape index (κ1) is 12.5. The van der Waals surface area contributed by atoms with E-state index in [1.165, 1.54) is 0 Å². The molecule has 1 aromatic carbocycles. The van der Waals surface area contributed by atoms with Crippen molar-refractivity contribution in [1.29, 1.82) is 0 Å². The number of ether oxygens (including phenoxy) is 2. The Labute approximate surface area is 104 Å². The number of hydrogen-bond acceptors (Lipinski definition) is 5. The predicted molar refractivity (Wildman–Crippen MR) is 64.1 cm³/mol. The topological polar surface area (TPSA) is 79.2 Å². The fraction of sp³-hybridized carbons (Fsp3) is 0.417. The van der Waals surface area contributed by atoms with Crippen LogP contribution in [0, 0.1) is 0 Å². The highest BCUT2D eigenvalue weighted by Gasteiger charge is 2.17. The number of carboxylic acids is 1. The summed E-state index contributed by atoms with van der Waals surface area (Å²) in [6.45, 7) is 0.454. The van der Waals surface area contributed by atoms with E-state index in [2.05, 4.69) is 0 Å². The second-order valence-corrected chi connectivity index (χ2v) is 4.17. The maximum absolute atomic E-state index is 10.5. The molecule has 1 unspecified atom stereocenters. The van der Waals surface area contributed by atoms with E-state index in [1.807, 2.05) is 6.07 Å². The minimum absolute atomic E-state index is 0.212. The Morgan fingerprint density at radius 2 is 2.17 bits per heavy atom. The zero-order chi connectivity index (χ0) is 13.1. The predicted octanol–water partition coefficient (Wildman–Crippen LogP) is 0.687. The molecule has 0 aromatic heterocycles. The number of hydrogen-bond donors (Lipinski definition) is 2. The van der Waals surface area contributed by atoms with Crippen molar-refractivity contribution in [3.63, 3.8) is 0 Å². The molecule has 0 aliphatic carbocycles. The first-order chi connectivity index (χ1) is 8.56. The fourth-order valence-corrected chi connectivity index (χ4v) is 1.81. The van der Waals surface area contributed by atoms with Gasteiger partial charge in [-0.3, -0.25) is 4.79 Å². The van der Waals surface area contributed by atoms with E-state index in [0.29, 0.717) is 11.5 Å². The van der Waals surface area contributed by atoms with Crippen LogP contribution in [0.5, 0.6) is 11.5 Å². The number of nitrogens with zero attached hydrogens (tertiary/aromatic N) is 1. The number of aliphatic hydroxyl groups is 1. The van der Waals surface area contributed by atoms with Crippen LogP contribution in [0.4, 0.5) is 5.69 Å². The third-order valence-corrected chi connectivity index (χ3v) is 2.69. The van der Waals surface area contributed by atoms with E-state index in [-0.39, 0.29) is 19.8 Å². The number of rotatable bonds is 5. The van der Waals surface area contributed by atoms with Crippen molar-refractivity contribution in [1.82, 2.24) is 0 Å². The average Bonchev–Trinajstić information content (AvgIpc) is 2.74. The van der Waals surface area contributed by atoms with Crippen LogP contribution in [-0.4, -0.2) is 42.7 Å². The van der Waals surface area contributed by atoms with Gasteiger partial charge in [0, 0.05) is 25.3 Å². The Kier molecular flexibility index (Phi) is 3.57. The lowest BCUT2D eigenvalue weighted by Gasteiger charge is -2.22. The van der Waals surface area contributed by atoms with Gasteiger partial charge in [0.2, 0.25) is 6.79 Å². The minimum Gasteiger partial charge on any atom is -0.481 e. The monoisotopic (exact) mass is 253 g/mol. The molecule has 0 saturated carbocycles. The van der Waals surface area contributed by atoms with Crippen molar-refractivity contribution in [2.75, 3.05) is 25.3 Å². The van der Waals surface area contributed by atoms with Gasteiger partial charge in [0.05, 0.1) is 12.5 Å². The second-order valence-electron chi connectivity index (χ2n) is 4.17. The molecule has 1 aromatic rings. The van der Waals surface area contributed by atoms with Gasteiger partial charge in [0.25, 0.3) is 0 Å². The van der Waals surface area contributed by atoms with E-state index < -0.39 is 12.1 Å². The van der Waals surface area contributed by atoms with Gasteiger partial charge in [-0.2, -0.15) is 0 Å². The molecule has 0 radical (unpaired) electrons. The molecule has 1 aliphatic heterocycles. The van der Waals surface area contributed by atoms with Crippen molar-refractivity contribution in [3.8, 4) is 11.5 Å². The van der Waals surface area contributed by atoms with Gasteiger partial charge in [-0.15, -0.1) is 0 Å². The van der Waals surface area contributed by atoms with Crippen molar-refractivity contribution in [2.24, 2.45) is 0 Å². The summed E-state index contributed by atoms with van der Waals surface area (Å²) >= 11 is 0. The van der Waals surface area contributed by atoms with E-state index >= 15 is 0 Å². The molecule has 1 heterocycles. The smallest absolute Gasteiger partial charge is 0.306 e.